The Morgan fingerprint density at radius 1 is 1.00 bits per heavy atom. The molecule has 3 aromatic rings. The van der Waals surface area contributed by atoms with Crippen LogP contribution in [0.5, 0.6) is 11.5 Å². The number of nitro benzene ring substituents is 1. The summed E-state index contributed by atoms with van der Waals surface area (Å²) < 4.78 is 17.0. The van der Waals surface area contributed by atoms with E-state index >= 15 is 0 Å². The van der Waals surface area contributed by atoms with E-state index in [0.717, 1.165) is 5.56 Å². The maximum atomic E-state index is 13.6. The number of rotatable bonds is 8. The van der Waals surface area contributed by atoms with Crippen LogP contribution in [0.1, 0.15) is 46.8 Å². The molecule has 0 aromatic heterocycles. The van der Waals surface area contributed by atoms with E-state index in [2.05, 4.69) is 5.32 Å². The Hall–Kier alpha value is -4.92. The Bertz CT molecular complexity index is 1570. The van der Waals surface area contributed by atoms with E-state index in [-0.39, 0.29) is 18.1 Å². The number of hydrogen-bond acceptors (Lipinski definition) is 8. The first-order chi connectivity index (χ1) is 18.8. The van der Waals surface area contributed by atoms with Gasteiger partial charge in [0.05, 0.1) is 29.9 Å². The summed E-state index contributed by atoms with van der Waals surface area (Å²) in [5.74, 6) is -0.540. The molecule has 0 spiro atoms. The monoisotopic (exact) mass is 526 g/mol. The van der Waals surface area contributed by atoms with Crippen LogP contribution < -0.4 is 14.8 Å². The Morgan fingerprint density at radius 2 is 1.77 bits per heavy atom. The van der Waals surface area contributed by atoms with Crippen LogP contribution >= 0.6 is 0 Å². The molecule has 0 amide bonds. The predicted octanol–water partition coefficient (Wildman–Crippen LogP) is 5.31. The fraction of sp³-hybridized carbons (Fsp3) is 0.200. The van der Waals surface area contributed by atoms with Crippen molar-refractivity contribution in [1.29, 1.82) is 0 Å². The number of esters is 1. The topological polar surface area (TPSA) is 117 Å². The van der Waals surface area contributed by atoms with Crippen molar-refractivity contribution in [1.82, 2.24) is 5.32 Å². The molecule has 3 aromatic carbocycles. The van der Waals surface area contributed by atoms with Crippen molar-refractivity contribution >= 4 is 23.1 Å². The molecule has 1 N–H and O–H groups in total. The van der Waals surface area contributed by atoms with E-state index in [1.165, 1.54) is 19.2 Å². The Balaban J connectivity index is 1.55. The second-order valence-electron chi connectivity index (χ2n) is 9.11. The quantitative estimate of drug-likeness (QED) is 0.238. The summed E-state index contributed by atoms with van der Waals surface area (Å²) in [5, 5.41) is 14.4. The number of Topliss-reactive ketones (excluding diaryl/α,β-unsaturated/α-hetero) is 1. The standard InChI is InChI=1S/C30H26N2O7/c1-4-38-24-15-19(12-13-23(24)39-16-18-8-7-9-20(14-18)32(35)36)26-25(30(34)37-3)17(2)31-28-21-10-5-6-11-22(21)29(33)27(26)28/h5-15,26,31H,4,16H2,1-3H3/t26-/m1/s1. The van der Waals surface area contributed by atoms with Gasteiger partial charge in [0.25, 0.3) is 5.69 Å². The second kappa shape index (κ2) is 10.4. The lowest BCUT2D eigenvalue weighted by Gasteiger charge is -2.29. The average Bonchev–Trinajstić information content (AvgIpc) is 3.22. The Morgan fingerprint density at radius 3 is 2.49 bits per heavy atom. The van der Waals surface area contributed by atoms with Crippen molar-refractivity contribution in [3.05, 3.63) is 116 Å². The maximum Gasteiger partial charge on any atom is 0.336 e. The minimum Gasteiger partial charge on any atom is -0.490 e. The van der Waals surface area contributed by atoms with Crippen LogP contribution in [-0.4, -0.2) is 30.4 Å². The summed E-state index contributed by atoms with van der Waals surface area (Å²) in [5.41, 5.74) is 4.70. The van der Waals surface area contributed by atoms with Crippen LogP contribution in [0.4, 0.5) is 5.69 Å². The van der Waals surface area contributed by atoms with Gasteiger partial charge in [-0.25, -0.2) is 4.79 Å². The molecule has 0 saturated carbocycles. The molecule has 9 heteroatoms. The molecule has 0 fully saturated rings. The van der Waals surface area contributed by atoms with E-state index in [1.54, 1.807) is 43.3 Å². The fourth-order valence-electron chi connectivity index (χ4n) is 5.06. The highest BCUT2D eigenvalue weighted by molar-refractivity contribution is 6.23. The molecule has 1 aliphatic carbocycles. The van der Waals surface area contributed by atoms with Gasteiger partial charge < -0.3 is 19.5 Å². The molecule has 1 aliphatic heterocycles. The predicted molar refractivity (Wildman–Crippen MR) is 143 cm³/mol. The summed E-state index contributed by atoms with van der Waals surface area (Å²) in [6, 6.07) is 18.8. The number of nitrogens with one attached hydrogen (secondary N) is 1. The molecule has 1 heterocycles. The molecular formula is C30H26N2O7. The summed E-state index contributed by atoms with van der Waals surface area (Å²) in [4.78, 5) is 37.3. The van der Waals surface area contributed by atoms with Crippen LogP contribution in [0.25, 0.3) is 5.70 Å². The third-order valence-electron chi connectivity index (χ3n) is 6.77. The summed E-state index contributed by atoms with van der Waals surface area (Å²) >= 11 is 0. The summed E-state index contributed by atoms with van der Waals surface area (Å²) in [6.45, 7) is 4.06. The largest absolute Gasteiger partial charge is 0.490 e. The lowest BCUT2D eigenvalue weighted by atomic mass is 9.79. The third kappa shape index (κ3) is 4.63. The fourth-order valence-corrected chi connectivity index (χ4v) is 5.06. The number of allylic oxidation sites excluding steroid dienone is 2. The van der Waals surface area contributed by atoms with Gasteiger partial charge in [-0.2, -0.15) is 0 Å². The molecule has 0 saturated heterocycles. The number of nitro groups is 1. The number of methoxy groups -OCH3 is 1. The van der Waals surface area contributed by atoms with Gasteiger partial charge in [0.1, 0.15) is 6.61 Å². The van der Waals surface area contributed by atoms with Gasteiger partial charge in [0.15, 0.2) is 17.3 Å². The highest BCUT2D eigenvalue weighted by atomic mass is 16.6. The molecular weight excluding hydrogens is 500 g/mol. The van der Waals surface area contributed by atoms with Gasteiger partial charge >= 0.3 is 5.97 Å². The zero-order chi connectivity index (χ0) is 27.7. The number of ketones is 1. The third-order valence-corrected chi connectivity index (χ3v) is 6.77. The lowest BCUT2D eigenvalue weighted by Crippen LogP contribution is -2.29. The van der Waals surface area contributed by atoms with Crippen molar-refractivity contribution in [3.8, 4) is 11.5 Å². The average molecular weight is 527 g/mol. The number of benzene rings is 3. The van der Waals surface area contributed by atoms with Gasteiger partial charge in [-0.1, -0.05) is 42.5 Å². The van der Waals surface area contributed by atoms with Gasteiger partial charge in [-0.05, 0) is 37.1 Å². The van der Waals surface area contributed by atoms with Crippen LogP contribution in [0.15, 0.2) is 83.6 Å². The van der Waals surface area contributed by atoms with Gasteiger partial charge in [0.2, 0.25) is 0 Å². The van der Waals surface area contributed by atoms with E-state index in [0.29, 0.717) is 57.3 Å². The molecule has 1 atom stereocenters. The first-order valence-electron chi connectivity index (χ1n) is 12.4. The first-order valence-corrected chi connectivity index (χ1v) is 12.4. The summed E-state index contributed by atoms with van der Waals surface area (Å²) in [6.07, 6.45) is 0. The minimum atomic E-state index is -0.696. The van der Waals surface area contributed by atoms with Crippen molar-refractivity contribution in [2.75, 3.05) is 13.7 Å². The Kier molecular flexibility index (Phi) is 6.89. The van der Waals surface area contributed by atoms with Gasteiger partial charge in [-0.3, -0.25) is 14.9 Å². The molecule has 0 radical (unpaired) electrons. The number of ether oxygens (including phenoxy) is 3. The molecule has 9 nitrogen and oxygen atoms in total. The van der Waals surface area contributed by atoms with E-state index in [4.69, 9.17) is 14.2 Å². The lowest BCUT2D eigenvalue weighted by molar-refractivity contribution is -0.384. The number of carbonyl (C=O) groups is 2. The zero-order valence-electron chi connectivity index (χ0n) is 21.6. The summed E-state index contributed by atoms with van der Waals surface area (Å²) in [7, 11) is 1.31. The van der Waals surface area contributed by atoms with E-state index < -0.39 is 16.8 Å². The van der Waals surface area contributed by atoms with Crippen molar-refractivity contribution in [2.24, 2.45) is 0 Å². The van der Waals surface area contributed by atoms with Crippen molar-refractivity contribution < 1.29 is 28.7 Å². The van der Waals surface area contributed by atoms with Crippen molar-refractivity contribution in [3.63, 3.8) is 0 Å². The highest BCUT2D eigenvalue weighted by Gasteiger charge is 2.43. The van der Waals surface area contributed by atoms with Crippen LogP contribution in [-0.2, 0) is 16.1 Å². The van der Waals surface area contributed by atoms with Gasteiger partial charge in [0, 0.05) is 40.4 Å². The van der Waals surface area contributed by atoms with E-state index in [1.807, 2.05) is 25.1 Å². The molecule has 198 valence electrons. The van der Waals surface area contributed by atoms with Gasteiger partial charge in [-0.15, -0.1) is 0 Å². The second-order valence-corrected chi connectivity index (χ2v) is 9.11. The number of non-ortho nitro benzene ring substituents is 1. The molecule has 5 rings (SSSR count). The Labute approximate surface area is 224 Å². The normalized spacial score (nSPS) is 15.9. The first kappa shape index (κ1) is 25.7. The molecule has 0 bridgehead atoms. The maximum absolute atomic E-state index is 13.6. The number of carbonyl (C=O) groups excluding carboxylic acids is 2. The number of dihydropyridines is 1. The van der Waals surface area contributed by atoms with Crippen molar-refractivity contribution in [2.45, 2.75) is 26.4 Å². The van der Waals surface area contributed by atoms with Crippen LogP contribution in [0.3, 0.4) is 0 Å². The number of fused-ring (bicyclic) bond motifs is 2. The molecule has 39 heavy (non-hydrogen) atoms. The zero-order valence-corrected chi connectivity index (χ0v) is 21.6. The molecule has 2 aliphatic rings. The minimum absolute atomic E-state index is 0.0220. The molecule has 0 unspecified atom stereocenters. The highest BCUT2D eigenvalue weighted by Crippen LogP contribution is 2.48. The van der Waals surface area contributed by atoms with Crippen LogP contribution in [0.2, 0.25) is 0 Å². The number of hydrogen-bond donors (Lipinski definition) is 1. The number of nitrogens with zero attached hydrogens (tertiary/aromatic N) is 1. The van der Waals surface area contributed by atoms with Crippen LogP contribution in [0, 0.1) is 10.1 Å². The SMILES string of the molecule is CCOc1cc([C@@H]2C(C(=O)OC)=C(C)NC3=C2C(=O)c2ccccc23)ccc1OCc1cccc([N+](=O)[O-])c1. The smallest absolute Gasteiger partial charge is 0.336 e. The van der Waals surface area contributed by atoms with E-state index in [9.17, 15) is 19.7 Å².